The fourth-order valence-electron chi connectivity index (χ4n) is 3.11. The Morgan fingerprint density at radius 2 is 1.79 bits per heavy atom. The summed E-state index contributed by atoms with van der Waals surface area (Å²) in [4.78, 5) is 27.2. The molecule has 2 aromatic carbocycles. The summed E-state index contributed by atoms with van der Waals surface area (Å²) in [5, 5.41) is 5.94. The first kappa shape index (κ1) is 19.9. The van der Waals surface area contributed by atoms with Crippen molar-refractivity contribution < 1.29 is 14.3 Å². The lowest BCUT2D eigenvalue weighted by Crippen LogP contribution is -2.41. The van der Waals surface area contributed by atoms with E-state index in [0.29, 0.717) is 24.1 Å². The number of rotatable bonds is 9. The molecule has 1 aliphatic rings. The zero-order valence-electron chi connectivity index (χ0n) is 16.4. The number of likely N-dealkylation sites (N-methyl/N-ethyl adjacent to an activating group) is 1. The second-order valence-electron chi connectivity index (χ2n) is 6.99. The first-order valence-electron chi connectivity index (χ1n) is 9.65. The third-order valence-electron chi connectivity index (χ3n) is 4.58. The van der Waals surface area contributed by atoms with Gasteiger partial charge in [0.1, 0.15) is 11.8 Å². The Hall–Kier alpha value is -2.86. The zero-order valence-corrected chi connectivity index (χ0v) is 16.4. The Morgan fingerprint density at radius 1 is 1.11 bits per heavy atom. The molecule has 1 fully saturated rings. The number of carbonyl (C=O) groups excluding carboxylic acids is 2. The Balaban J connectivity index is 1.78. The van der Waals surface area contributed by atoms with Crippen LogP contribution in [-0.4, -0.2) is 43.0 Å². The van der Waals surface area contributed by atoms with Crippen LogP contribution in [0.2, 0.25) is 0 Å². The number of hydrogen-bond acceptors (Lipinski definition) is 4. The molecule has 1 aliphatic carbocycles. The SMILES string of the molecule is CCOc1ccccc1NC(=O)[C@H](c1ccccc1)N(C)CC(=O)NC1CC1. The van der Waals surface area contributed by atoms with Crippen molar-refractivity contribution in [1.29, 1.82) is 0 Å². The number of anilines is 1. The third-order valence-corrected chi connectivity index (χ3v) is 4.58. The Kier molecular flexibility index (Phi) is 6.66. The van der Waals surface area contributed by atoms with Gasteiger partial charge < -0.3 is 15.4 Å². The molecular formula is C22H27N3O3. The van der Waals surface area contributed by atoms with Gasteiger partial charge in [0.25, 0.3) is 0 Å². The third kappa shape index (κ3) is 5.33. The smallest absolute Gasteiger partial charge is 0.246 e. The molecule has 2 aromatic rings. The van der Waals surface area contributed by atoms with Crippen LogP contribution in [0.25, 0.3) is 0 Å². The van der Waals surface area contributed by atoms with Crippen molar-refractivity contribution in [3.63, 3.8) is 0 Å². The quantitative estimate of drug-likeness (QED) is 0.701. The number of hydrogen-bond donors (Lipinski definition) is 2. The van der Waals surface area contributed by atoms with Crippen LogP contribution in [-0.2, 0) is 9.59 Å². The summed E-state index contributed by atoms with van der Waals surface area (Å²) in [6.45, 7) is 2.56. The summed E-state index contributed by atoms with van der Waals surface area (Å²) in [6, 6.07) is 16.5. The van der Waals surface area contributed by atoms with E-state index < -0.39 is 6.04 Å². The van der Waals surface area contributed by atoms with E-state index in [1.807, 2.05) is 61.5 Å². The highest BCUT2D eigenvalue weighted by Gasteiger charge is 2.29. The molecule has 0 spiro atoms. The maximum Gasteiger partial charge on any atom is 0.246 e. The van der Waals surface area contributed by atoms with Crippen LogP contribution in [0.5, 0.6) is 5.75 Å². The monoisotopic (exact) mass is 381 g/mol. The molecule has 0 aliphatic heterocycles. The molecular weight excluding hydrogens is 354 g/mol. The molecule has 6 heteroatoms. The van der Waals surface area contributed by atoms with E-state index in [1.165, 1.54) is 0 Å². The number of para-hydroxylation sites is 2. The largest absolute Gasteiger partial charge is 0.492 e. The van der Waals surface area contributed by atoms with Crippen LogP contribution in [0, 0.1) is 0 Å². The summed E-state index contributed by atoms with van der Waals surface area (Å²) in [5.41, 5.74) is 1.45. The number of carbonyl (C=O) groups is 2. The fraction of sp³-hybridized carbons (Fsp3) is 0.364. The Bertz CT molecular complexity index is 806. The minimum Gasteiger partial charge on any atom is -0.492 e. The fourth-order valence-corrected chi connectivity index (χ4v) is 3.11. The summed E-state index contributed by atoms with van der Waals surface area (Å²) in [5.74, 6) is 0.354. The lowest BCUT2D eigenvalue weighted by Gasteiger charge is -2.27. The Labute approximate surface area is 165 Å². The Morgan fingerprint density at radius 3 is 2.46 bits per heavy atom. The molecule has 0 saturated heterocycles. The van der Waals surface area contributed by atoms with Crippen molar-refractivity contribution in [3.8, 4) is 5.75 Å². The molecule has 3 rings (SSSR count). The predicted molar refractivity (Wildman–Crippen MR) is 109 cm³/mol. The van der Waals surface area contributed by atoms with Crippen molar-refractivity contribution in [3.05, 3.63) is 60.2 Å². The molecule has 0 bridgehead atoms. The van der Waals surface area contributed by atoms with Crippen LogP contribution < -0.4 is 15.4 Å². The van der Waals surface area contributed by atoms with Crippen molar-refractivity contribution in [2.24, 2.45) is 0 Å². The van der Waals surface area contributed by atoms with Crippen molar-refractivity contribution in [1.82, 2.24) is 10.2 Å². The minimum absolute atomic E-state index is 0.0616. The lowest BCUT2D eigenvalue weighted by molar-refractivity contribution is -0.125. The molecule has 1 saturated carbocycles. The summed E-state index contributed by atoms with van der Waals surface area (Å²) in [6.07, 6.45) is 2.07. The molecule has 6 nitrogen and oxygen atoms in total. The van der Waals surface area contributed by atoms with Gasteiger partial charge in [-0.05, 0) is 44.5 Å². The number of benzene rings is 2. The molecule has 28 heavy (non-hydrogen) atoms. The van der Waals surface area contributed by atoms with E-state index in [2.05, 4.69) is 10.6 Å². The number of amides is 2. The standard InChI is InChI=1S/C22H27N3O3/c1-3-28-19-12-8-7-11-18(19)24-22(27)21(16-9-5-4-6-10-16)25(2)15-20(26)23-17-13-14-17/h4-12,17,21H,3,13-15H2,1-2H3,(H,23,26)(H,24,27)/t21-/m0/s1. The van der Waals surface area contributed by atoms with Crippen molar-refractivity contribution in [2.75, 3.05) is 25.5 Å². The molecule has 0 unspecified atom stereocenters. The molecule has 0 aromatic heterocycles. The topological polar surface area (TPSA) is 70.7 Å². The van der Waals surface area contributed by atoms with E-state index in [0.717, 1.165) is 18.4 Å². The number of ether oxygens (including phenoxy) is 1. The van der Waals surface area contributed by atoms with E-state index >= 15 is 0 Å². The van der Waals surface area contributed by atoms with E-state index in [-0.39, 0.29) is 18.4 Å². The van der Waals surface area contributed by atoms with Crippen molar-refractivity contribution in [2.45, 2.75) is 31.8 Å². The first-order valence-corrected chi connectivity index (χ1v) is 9.65. The average molecular weight is 381 g/mol. The molecule has 1 atom stereocenters. The van der Waals surface area contributed by atoms with E-state index in [1.54, 1.807) is 11.9 Å². The van der Waals surface area contributed by atoms with Gasteiger partial charge in [-0.3, -0.25) is 14.5 Å². The highest BCUT2D eigenvalue weighted by molar-refractivity contribution is 5.97. The summed E-state index contributed by atoms with van der Waals surface area (Å²) >= 11 is 0. The predicted octanol–water partition coefficient (Wildman–Crippen LogP) is 2.98. The average Bonchev–Trinajstić information content (AvgIpc) is 3.48. The second-order valence-corrected chi connectivity index (χ2v) is 6.99. The van der Waals surface area contributed by atoms with Gasteiger partial charge in [0.15, 0.2) is 0 Å². The van der Waals surface area contributed by atoms with E-state index in [4.69, 9.17) is 4.74 Å². The van der Waals surface area contributed by atoms with Gasteiger partial charge in [0.05, 0.1) is 18.8 Å². The van der Waals surface area contributed by atoms with Gasteiger partial charge in [0, 0.05) is 6.04 Å². The highest BCUT2D eigenvalue weighted by atomic mass is 16.5. The lowest BCUT2D eigenvalue weighted by atomic mass is 10.0. The maximum absolute atomic E-state index is 13.2. The van der Waals surface area contributed by atoms with Gasteiger partial charge in [-0.15, -0.1) is 0 Å². The van der Waals surface area contributed by atoms with Crippen LogP contribution >= 0.6 is 0 Å². The minimum atomic E-state index is -0.596. The number of nitrogens with zero attached hydrogens (tertiary/aromatic N) is 1. The number of nitrogens with one attached hydrogen (secondary N) is 2. The van der Waals surface area contributed by atoms with E-state index in [9.17, 15) is 9.59 Å². The van der Waals surface area contributed by atoms with Gasteiger partial charge in [0.2, 0.25) is 11.8 Å². The van der Waals surface area contributed by atoms with Crippen LogP contribution in [0.4, 0.5) is 5.69 Å². The second kappa shape index (κ2) is 9.37. The highest BCUT2D eigenvalue weighted by Crippen LogP contribution is 2.27. The van der Waals surface area contributed by atoms with Crippen LogP contribution in [0.3, 0.4) is 0 Å². The molecule has 0 heterocycles. The molecule has 2 amide bonds. The normalized spacial score (nSPS) is 14.4. The molecule has 2 N–H and O–H groups in total. The zero-order chi connectivity index (χ0) is 19.9. The van der Waals surface area contributed by atoms with Gasteiger partial charge in [-0.1, -0.05) is 42.5 Å². The van der Waals surface area contributed by atoms with Crippen molar-refractivity contribution >= 4 is 17.5 Å². The van der Waals surface area contributed by atoms with Crippen LogP contribution in [0.1, 0.15) is 31.4 Å². The summed E-state index contributed by atoms with van der Waals surface area (Å²) < 4.78 is 5.61. The van der Waals surface area contributed by atoms with Gasteiger partial charge in [-0.2, -0.15) is 0 Å². The van der Waals surface area contributed by atoms with Crippen LogP contribution in [0.15, 0.2) is 54.6 Å². The molecule has 0 radical (unpaired) electrons. The van der Waals surface area contributed by atoms with Gasteiger partial charge in [-0.25, -0.2) is 0 Å². The summed E-state index contributed by atoms with van der Waals surface area (Å²) in [7, 11) is 1.79. The maximum atomic E-state index is 13.2. The van der Waals surface area contributed by atoms with Gasteiger partial charge >= 0.3 is 0 Å². The first-order chi connectivity index (χ1) is 13.6. The molecule has 148 valence electrons.